The van der Waals surface area contributed by atoms with Gasteiger partial charge in [-0.05, 0) is 28.5 Å². The molecule has 1 saturated heterocycles. The van der Waals surface area contributed by atoms with Crippen LogP contribution >= 0.6 is 0 Å². The molecule has 0 saturated carbocycles. The van der Waals surface area contributed by atoms with Gasteiger partial charge in [-0.3, -0.25) is 0 Å². The first kappa shape index (κ1) is 16.8. The topological polar surface area (TPSA) is 38.2 Å². The molecule has 0 unspecified atom stereocenters. The van der Waals surface area contributed by atoms with E-state index in [2.05, 4.69) is 28.4 Å². The summed E-state index contributed by atoms with van der Waals surface area (Å²) in [5.74, 6) is 0.433. The molecule has 1 fully saturated rings. The molecule has 3 aromatic rings. The van der Waals surface area contributed by atoms with Gasteiger partial charge in [-0.25, -0.2) is 0 Å². The number of anilines is 1. The molecular weight excluding hydrogens is 343 g/mol. The highest BCUT2D eigenvalue weighted by atomic mass is 19.4. The van der Waals surface area contributed by atoms with Gasteiger partial charge in [0.1, 0.15) is 0 Å². The molecule has 0 spiro atoms. The molecule has 0 bridgehead atoms. The van der Waals surface area contributed by atoms with Crippen LogP contribution in [0.2, 0.25) is 0 Å². The van der Waals surface area contributed by atoms with E-state index in [-0.39, 0.29) is 6.10 Å². The number of alkyl halides is 3. The molecule has 26 heavy (non-hydrogen) atoms. The van der Waals surface area contributed by atoms with Gasteiger partial charge in [-0.15, -0.1) is 10.2 Å². The first-order valence-electron chi connectivity index (χ1n) is 8.25. The Morgan fingerprint density at radius 2 is 1.73 bits per heavy atom. The van der Waals surface area contributed by atoms with Crippen molar-refractivity contribution in [2.24, 2.45) is 0 Å². The second kappa shape index (κ2) is 6.57. The van der Waals surface area contributed by atoms with Crippen LogP contribution in [0.5, 0.6) is 0 Å². The smallest absolute Gasteiger partial charge is 0.370 e. The Labute approximate surface area is 148 Å². The van der Waals surface area contributed by atoms with E-state index >= 15 is 0 Å². The maximum Gasteiger partial charge on any atom is 0.435 e. The lowest BCUT2D eigenvalue weighted by molar-refractivity contribution is -0.141. The Morgan fingerprint density at radius 3 is 2.46 bits per heavy atom. The molecule has 0 aliphatic carbocycles. The van der Waals surface area contributed by atoms with Gasteiger partial charge in [0.05, 0.1) is 12.7 Å². The number of halogens is 3. The van der Waals surface area contributed by atoms with E-state index in [0.29, 0.717) is 25.5 Å². The SMILES string of the molecule is FC(F)(F)c1ccc(N2CC(OCc3cccc4ccccc34)C2)nn1. The average molecular weight is 359 g/mol. The minimum absolute atomic E-state index is 0.0260. The molecule has 2 heterocycles. The molecule has 1 aliphatic heterocycles. The van der Waals surface area contributed by atoms with E-state index < -0.39 is 11.9 Å². The van der Waals surface area contributed by atoms with Gasteiger partial charge in [0.25, 0.3) is 0 Å². The molecule has 1 aliphatic rings. The third-order valence-electron chi connectivity index (χ3n) is 4.47. The van der Waals surface area contributed by atoms with Crippen LogP contribution in [0.1, 0.15) is 11.3 Å². The van der Waals surface area contributed by atoms with E-state index in [4.69, 9.17) is 4.74 Å². The van der Waals surface area contributed by atoms with Gasteiger partial charge in [0, 0.05) is 13.1 Å². The number of hydrogen-bond donors (Lipinski definition) is 0. The zero-order chi connectivity index (χ0) is 18.1. The summed E-state index contributed by atoms with van der Waals surface area (Å²) in [6, 6.07) is 16.5. The summed E-state index contributed by atoms with van der Waals surface area (Å²) in [7, 11) is 0. The van der Waals surface area contributed by atoms with Crippen LogP contribution in [0.15, 0.2) is 54.6 Å². The maximum absolute atomic E-state index is 12.5. The number of nitrogens with zero attached hydrogens (tertiary/aromatic N) is 3. The van der Waals surface area contributed by atoms with Crippen LogP contribution in [0.3, 0.4) is 0 Å². The lowest BCUT2D eigenvalue weighted by Gasteiger charge is -2.39. The highest BCUT2D eigenvalue weighted by Gasteiger charge is 2.34. The fraction of sp³-hybridized carbons (Fsp3) is 0.263. The Balaban J connectivity index is 1.34. The minimum Gasteiger partial charge on any atom is -0.370 e. The van der Waals surface area contributed by atoms with Crippen molar-refractivity contribution in [2.45, 2.75) is 18.9 Å². The molecule has 4 rings (SSSR count). The maximum atomic E-state index is 12.5. The van der Waals surface area contributed by atoms with E-state index in [0.717, 1.165) is 11.6 Å². The molecule has 0 atom stereocenters. The normalized spacial score (nSPS) is 15.3. The van der Waals surface area contributed by atoms with Crippen LogP contribution < -0.4 is 4.90 Å². The van der Waals surface area contributed by atoms with E-state index in [1.54, 1.807) is 0 Å². The fourth-order valence-electron chi connectivity index (χ4n) is 3.00. The summed E-state index contributed by atoms with van der Waals surface area (Å²) in [5.41, 5.74) is 0.140. The number of benzene rings is 2. The predicted octanol–water partition coefficient (Wildman–Crippen LogP) is 4.05. The third-order valence-corrected chi connectivity index (χ3v) is 4.47. The lowest BCUT2D eigenvalue weighted by Crippen LogP contribution is -2.52. The average Bonchev–Trinajstić information content (AvgIpc) is 2.60. The van der Waals surface area contributed by atoms with Gasteiger partial charge in [0.15, 0.2) is 11.5 Å². The van der Waals surface area contributed by atoms with Crippen molar-refractivity contribution in [1.82, 2.24) is 10.2 Å². The Kier molecular flexibility index (Phi) is 4.24. The second-order valence-corrected chi connectivity index (χ2v) is 6.25. The number of aromatic nitrogens is 2. The summed E-state index contributed by atoms with van der Waals surface area (Å²) in [6.45, 7) is 1.67. The zero-order valence-electron chi connectivity index (χ0n) is 13.8. The summed E-state index contributed by atoms with van der Waals surface area (Å²) in [5, 5.41) is 9.25. The molecule has 7 heteroatoms. The highest BCUT2D eigenvalue weighted by Crippen LogP contribution is 2.29. The fourth-order valence-corrected chi connectivity index (χ4v) is 3.00. The van der Waals surface area contributed by atoms with Gasteiger partial charge in [-0.2, -0.15) is 13.2 Å². The molecule has 134 valence electrons. The van der Waals surface area contributed by atoms with Crippen molar-refractivity contribution in [1.29, 1.82) is 0 Å². The third kappa shape index (κ3) is 3.35. The number of fused-ring (bicyclic) bond motifs is 1. The molecule has 4 nitrogen and oxygen atoms in total. The number of hydrogen-bond acceptors (Lipinski definition) is 4. The quantitative estimate of drug-likeness (QED) is 0.704. The standard InChI is InChI=1S/C19H16F3N3O/c20-19(21,22)17-8-9-18(24-23-17)25-10-15(11-25)26-12-14-6-3-5-13-4-1-2-7-16(13)14/h1-9,15H,10-12H2. The first-order valence-corrected chi connectivity index (χ1v) is 8.25. The summed E-state index contributed by atoms with van der Waals surface area (Å²) >= 11 is 0. The van der Waals surface area contributed by atoms with Crippen molar-refractivity contribution in [2.75, 3.05) is 18.0 Å². The molecule has 0 radical (unpaired) electrons. The first-order chi connectivity index (χ1) is 12.5. The molecule has 1 aromatic heterocycles. The molecule has 2 aromatic carbocycles. The van der Waals surface area contributed by atoms with Crippen LogP contribution in [0.4, 0.5) is 19.0 Å². The van der Waals surface area contributed by atoms with Gasteiger partial charge < -0.3 is 9.64 Å². The molecular formula is C19H16F3N3O. The Bertz CT molecular complexity index is 901. The molecule has 0 N–H and O–H groups in total. The number of rotatable bonds is 4. The number of ether oxygens (including phenoxy) is 1. The highest BCUT2D eigenvalue weighted by molar-refractivity contribution is 5.85. The Morgan fingerprint density at radius 1 is 0.962 bits per heavy atom. The largest absolute Gasteiger partial charge is 0.435 e. The summed E-state index contributed by atoms with van der Waals surface area (Å²) in [4.78, 5) is 1.85. The minimum atomic E-state index is -4.47. The second-order valence-electron chi connectivity index (χ2n) is 6.25. The van der Waals surface area contributed by atoms with E-state index in [1.165, 1.54) is 16.8 Å². The summed E-state index contributed by atoms with van der Waals surface area (Å²) in [6.07, 6.45) is -4.44. The van der Waals surface area contributed by atoms with E-state index in [9.17, 15) is 13.2 Å². The monoisotopic (exact) mass is 359 g/mol. The van der Waals surface area contributed by atoms with Gasteiger partial charge in [-0.1, -0.05) is 42.5 Å². The van der Waals surface area contributed by atoms with Crippen molar-refractivity contribution < 1.29 is 17.9 Å². The summed E-state index contributed by atoms with van der Waals surface area (Å²) < 4.78 is 43.5. The van der Waals surface area contributed by atoms with Crippen molar-refractivity contribution in [3.63, 3.8) is 0 Å². The van der Waals surface area contributed by atoms with Gasteiger partial charge in [0.2, 0.25) is 0 Å². The van der Waals surface area contributed by atoms with Crippen LogP contribution in [0, 0.1) is 0 Å². The van der Waals surface area contributed by atoms with Crippen molar-refractivity contribution in [3.05, 3.63) is 65.9 Å². The van der Waals surface area contributed by atoms with Crippen molar-refractivity contribution in [3.8, 4) is 0 Å². The van der Waals surface area contributed by atoms with Crippen LogP contribution in [0.25, 0.3) is 10.8 Å². The van der Waals surface area contributed by atoms with Crippen LogP contribution in [-0.4, -0.2) is 29.4 Å². The molecule has 0 amide bonds. The van der Waals surface area contributed by atoms with Crippen LogP contribution in [-0.2, 0) is 17.5 Å². The zero-order valence-corrected chi connectivity index (χ0v) is 13.8. The van der Waals surface area contributed by atoms with Gasteiger partial charge >= 0.3 is 6.18 Å². The van der Waals surface area contributed by atoms with E-state index in [1.807, 2.05) is 29.2 Å². The predicted molar refractivity (Wildman–Crippen MR) is 91.8 cm³/mol. The Hall–Kier alpha value is -2.67. The van der Waals surface area contributed by atoms with Crippen molar-refractivity contribution >= 4 is 16.6 Å². The lowest BCUT2D eigenvalue weighted by atomic mass is 10.1.